The van der Waals surface area contributed by atoms with Crippen molar-refractivity contribution in [2.24, 2.45) is 0 Å². The van der Waals surface area contributed by atoms with Gasteiger partial charge in [-0.15, -0.1) is 0 Å². The second kappa shape index (κ2) is 6.46. The third-order valence-electron chi connectivity index (χ3n) is 3.21. The molecule has 0 unspecified atom stereocenters. The predicted octanol–water partition coefficient (Wildman–Crippen LogP) is 4.37. The second-order valence-electron chi connectivity index (χ2n) is 4.85. The minimum atomic E-state index is -0.140. The van der Waals surface area contributed by atoms with Gasteiger partial charge in [0.2, 0.25) is 0 Å². The molecule has 22 heavy (non-hydrogen) atoms. The molecule has 0 spiro atoms. The Morgan fingerprint density at radius 1 is 1.05 bits per heavy atom. The number of halogens is 2. The zero-order valence-corrected chi connectivity index (χ0v) is 13.9. The van der Waals surface area contributed by atoms with Crippen LogP contribution in [0, 0.1) is 0 Å². The lowest BCUT2D eigenvalue weighted by molar-refractivity contribution is 0.643. The number of hydrogen-bond donors (Lipinski definition) is 0. The molecule has 0 saturated carbocycles. The maximum atomic E-state index is 12.0. The second-order valence-corrected chi connectivity index (χ2v) is 6.21. The van der Waals surface area contributed by atoms with Gasteiger partial charge in [0.05, 0.1) is 12.2 Å². The Morgan fingerprint density at radius 3 is 2.64 bits per heavy atom. The number of nitrogens with zero attached hydrogens (tertiary/aromatic N) is 2. The van der Waals surface area contributed by atoms with Gasteiger partial charge in [-0.25, -0.2) is 4.68 Å². The molecule has 5 heteroatoms. The Bertz CT molecular complexity index is 876. The first-order chi connectivity index (χ1) is 10.6. The van der Waals surface area contributed by atoms with E-state index in [1.54, 1.807) is 12.1 Å². The van der Waals surface area contributed by atoms with Gasteiger partial charge in [-0.3, -0.25) is 4.79 Å². The highest BCUT2D eigenvalue weighted by Gasteiger charge is 2.05. The molecule has 2 aromatic carbocycles. The Balaban J connectivity index is 1.98. The maximum Gasteiger partial charge on any atom is 0.267 e. The van der Waals surface area contributed by atoms with Gasteiger partial charge < -0.3 is 0 Å². The van der Waals surface area contributed by atoms with Crippen LogP contribution in [0.2, 0.25) is 5.02 Å². The van der Waals surface area contributed by atoms with Crippen LogP contribution in [-0.2, 0) is 6.54 Å². The topological polar surface area (TPSA) is 34.9 Å². The first-order valence-corrected chi connectivity index (χ1v) is 7.87. The highest BCUT2D eigenvalue weighted by Crippen LogP contribution is 2.20. The average molecular weight is 376 g/mol. The van der Waals surface area contributed by atoms with E-state index in [0.717, 1.165) is 21.3 Å². The van der Waals surface area contributed by atoms with Crippen LogP contribution in [0.1, 0.15) is 5.56 Å². The van der Waals surface area contributed by atoms with Crippen molar-refractivity contribution in [2.45, 2.75) is 6.54 Å². The summed E-state index contributed by atoms with van der Waals surface area (Å²) in [7, 11) is 0. The van der Waals surface area contributed by atoms with Crippen LogP contribution in [-0.4, -0.2) is 9.78 Å². The molecule has 0 aliphatic carbocycles. The number of hydrogen-bond acceptors (Lipinski definition) is 2. The molecule has 0 aliphatic rings. The van der Waals surface area contributed by atoms with E-state index in [1.165, 1.54) is 10.7 Å². The van der Waals surface area contributed by atoms with E-state index in [9.17, 15) is 4.79 Å². The van der Waals surface area contributed by atoms with Gasteiger partial charge >= 0.3 is 0 Å². The number of benzene rings is 2. The lowest BCUT2D eigenvalue weighted by atomic mass is 10.1. The fourth-order valence-corrected chi connectivity index (χ4v) is 2.78. The van der Waals surface area contributed by atoms with Crippen molar-refractivity contribution in [3.8, 4) is 11.3 Å². The average Bonchev–Trinajstić information content (AvgIpc) is 2.49. The van der Waals surface area contributed by atoms with Gasteiger partial charge in [-0.2, -0.15) is 5.10 Å². The van der Waals surface area contributed by atoms with Crippen LogP contribution in [0.4, 0.5) is 0 Å². The molecule has 0 fully saturated rings. The Morgan fingerprint density at radius 2 is 1.86 bits per heavy atom. The Kier molecular flexibility index (Phi) is 4.41. The summed E-state index contributed by atoms with van der Waals surface area (Å²) in [6.45, 7) is 0.390. The van der Waals surface area contributed by atoms with E-state index in [1.807, 2.05) is 42.5 Å². The summed E-state index contributed by atoms with van der Waals surface area (Å²) in [5.74, 6) is 0. The minimum absolute atomic E-state index is 0.140. The molecule has 3 nitrogen and oxygen atoms in total. The van der Waals surface area contributed by atoms with Crippen molar-refractivity contribution in [3.63, 3.8) is 0 Å². The van der Waals surface area contributed by atoms with Crippen molar-refractivity contribution >= 4 is 27.5 Å². The van der Waals surface area contributed by atoms with Crippen molar-refractivity contribution in [1.29, 1.82) is 0 Å². The van der Waals surface area contributed by atoms with E-state index < -0.39 is 0 Å². The van der Waals surface area contributed by atoms with Gasteiger partial charge in [0.15, 0.2) is 0 Å². The van der Waals surface area contributed by atoms with E-state index in [-0.39, 0.29) is 5.56 Å². The third-order valence-corrected chi connectivity index (χ3v) is 3.94. The zero-order valence-electron chi connectivity index (χ0n) is 11.5. The smallest absolute Gasteiger partial charge is 0.267 e. The first-order valence-electron chi connectivity index (χ1n) is 6.70. The standard InChI is InChI=1S/C17H12BrClN2O/c18-14-5-2-4-13(10-14)16-7-8-17(22)21(20-16)11-12-3-1-6-15(19)9-12/h1-10H,11H2. The SMILES string of the molecule is O=c1ccc(-c2cccc(Br)c2)nn1Cc1cccc(Cl)c1. The summed E-state index contributed by atoms with van der Waals surface area (Å²) in [6, 6.07) is 18.5. The summed E-state index contributed by atoms with van der Waals surface area (Å²) >= 11 is 9.43. The summed E-state index contributed by atoms with van der Waals surface area (Å²) in [5, 5.41) is 5.10. The van der Waals surface area contributed by atoms with Crippen LogP contribution in [0.25, 0.3) is 11.3 Å². The minimum Gasteiger partial charge on any atom is -0.268 e. The molecule has 3 aromatic rings. The van der Waals surface area contributed by atoms with Gasteiger partial charge in [-0.05, 0) is 35.9 Å². The summed E-state index contributed by atoms with van der Waals surface area (Å²) < 4.78 is 2.42. The van der Waals surface area contributed by atoms with Crippen molar-refractivity contribution in [2.75, 3.05) is 0 Å². The lowest BCUT2D eigenvalue weighted by Crippen LogP contribution is -2.22. The normalized spacial score (nSPS) is 10.6. The van der Waals surface area contributed by atoms with E-state index in [0.29, 0.717) is 11.6 Å². The van der Waals surface area contributed by atoms with E-state index in [2.05, 4.69) is 21.0 Å². The van der Waals surface area contributed by atoms with Crippen molar-refractivity contribution in [1.82, 2.24) is 9.78 Å². The van der Waals surface area contributed by atoms with Crippen LogP contribution < -0.4 is 5.56 Å². The van der Waals surface area contributed by atoms with Crippen LogP contribution >= 0.6 is 27.5 Å². The van der Waals surface area contributed by atoms with Gasteiger partial charge in [-0.1, -0.05) is 51.8 Å². The van der Waals surface area contributed by atoms with Crippen LogP contribution in [0.5, 0.6) is 0 Å². The summed E-state index contributed by atoms with van der Waals surface area (Å²) in [4.78, 5) is 12.0. The molecule has 3 rings (SSSR count). The monoisotopic (exact) mass is 374 g/mol. The molecule has 1 heterocycles. The highest BCUT2D eigenvalue weighted by molar-refractivity contribution is 9.10. The van der Waals surface area contributed by atoms with Crippen LogP contribution in [0.15, 0.2) is 69.9 Å². The highest BCUT2D eigenvalue weighted by atomic mass is 79.9. The Labute approximate surface area is 141 Å². The molecule has 1 aromatic heterocycles. The van der Waals surface area contributed by atoms with E-state index in [4.69, 9.17) is 11.6 Å². The quantitative estimate of drug-likeness (QED) is 0.681. The molecular formula is C17H12BrClN2O. The fraction of sp³-hybridized carbons (Fsp3) is 0.0588. The molecule has 0 amide bonds. The maximum absolute atomic E-state index is 12.0. The van der Waals surface area contributed by atoms with Crippen LogP contribution in [0.3, 0.4) is 0 Å². The van der Waals surface area contributed by atoms with Crippen molar-refractivity contribution in [3.05, 3.63) is 86.1 Å². The van der Waals surface area contributed by atoms with E-state index >= 15 is 0 Å². The largest absolute Gasteiger partial charge is 0.268 e. The molecule has 0 radical (unpaired) electrons. The molecular weight excluding hydrogens is 364 g/mol. The molecule has 0 atom stereocenters. The summed E-state index contributed by atoms with van der Waals surface area (Å²) in [5.41, 5.74) is 2.50. The molecule has 0 saturated heterocycles. The fourth-order valence-electron chi connectivity index (χ4n) is 2.17. The predicted molar refractivity (Wildman–Crippen MR) is 92.2 cm³/mol. The van der Waals surface area contributed by atoms with Gasteiger partial charge in [0.25, 0.3) is 5.56 Å². The lowest BCUT2D eigenvalue weighted by Gasteiger charge is -2.08. The van der Waals surface area contributed by atoms with Gasteiger partial charge in [0.1, 0.15) is 0 Å². The van der Waals surface area contributed by atoms with Crippen molar-refractivity contribution < 1.29 is 0 Å². The number of aromatic nitrogens is 2. The molecule has 0 bridgehead atoms. The molecule has 0 N–H and O–H groups in total. The zero-order chi connectivity index (χ0) is 15.5. The molecule has 0 aliphatic heterocycles. The molecule has 110 valence electrons. The summed E-state index contributed by atoms with van der Waals surface area (Å²) in [6.07, 6.45) is 0. The first kappa shape index (κ1) is 15.0. The third kappa shape index (κ3) is 3.46. The van der Waals surface area contributed by atoms with Gasteiger partial charge in [0, 0.05) is 21.1 Å². The Hall–Kier alpha value is -1.91. The number of rotatable bonds is 3.